The molecule has 0 saturated heterocycles. The van der Waals surface area contributed by atoms with E-state index in [0.717, 1.165) is 42.6 Å². The van der Waals surface area contributed by atoms with Gasteiger partial charge < -0.3 is 5.32 Å². The van der Waals surface area contributed by atoms with E-state index >= 15 is 0 Å². The van der Waals surface area contributed by atoms with Crippen LogP contribution in [0.3, 0.4) is 0 Å². The van der Waals surface area contributed by atoms with Crippen LogP contribution in [0, 0.1) is 0 Å². The van der Waals surface area contributed by atoms with E-state index in [1.165, 1.54) is 17.5 Å². The highest BCUT2D eigenvalue weighted by Gasteiger charge is 2.20. The van der Waals surface area contributed by atoms with E-state index in [2.05, 4.69) is 27.4 Å². The molecule has 0 fully saturated rings. The molecule has 2 aromatic carbocycles. The van der Waals surface area contributed by atoms with Crippen LogP contribution >= 0.6 is 0 Å². The van der Waals surface area contributed by atoms with Gasteiger partial charge in [0.15, 0.2) is 0 Å². The second-order valence-corrected chi connectivity index (χ2v) is 6.89. The standard InChI is InChI=1S/C23H23N3O/c27-23(24-15-14-17-8-2-1-3-9-17)19-11-5-4-10-18(19)22-20-12-6-7-13-21(20)25-16-26-22/h1-5,8-11,16H,6-7,12-15H2,(H,24,27). The number of aryl methyl sites for hydroxylation is 1. The van der Waals surface area contributed by atoms with Gasteiger partial charge in [-0.2, -0.15) is 0 Å². The van der Waals surface area contributed by atoms with E-state index in [9.17, 15) is 4.79 Å². The van der Waals surface area contributed by atoms with Crippen LogP contribution in [0.5, 0.6) is 0 Å². The molecule has 1 aromatic heterocycles. The fourth-order valence-electron chi connectivity index (χ4n) is 3.70. The SMILES string of the molecule is O=C(NCCc1ccccc1)c1ccccc1-c1ncnc2c1CCCC2. The smallest absolute Gasteiger partial charge is 0.251 e. The lowest BCUT2D eigenvalue weighted by atomic mass is 9.91. The highest BCUT2D eigenvalue weighted by atomic mass is 16.1. The lowest BCUT2D eigenvalue weighted by Gasteiger charge is -2.18. The number of nitrogens with one attached hydrogen (secondary N) is 1. The average Bonchev–Trinajstić information content (AvgIpc) is 2.74. The first-order valence-corrected chi connectivity index (χ1v) is 9.57. The van der Waals surface area contributed by atoms with E-state index in [1.807, 2.05) is 42.5 Å². The Balaban J connectivity index is 1.56. The Hall–Kier alpha value is -3.01. The van der Waals surface area contributed by atoms with E-state index < -0.39 is 0 Å². The van der Waals surface area contributed by atoms with Crippen molar-refractivity contribution in [2.45, 2.75) is 32.1 Å². The van der Waals surface area contributed by atoms with Gasteiger partial charge in [-0.1, -0.05) is 48.5 Å². The minimum Gasteiger partial charge on any atom is -0.352 e. The molecule has 4 rings (SSSR count). The van der Waals surface area contributed by atoms with Crippen LogP contribution in [0.1, 0.15) is 40.0 Å². The van der Waals surface area contributed by atoms with Gasteiger partial charge in [-0.25, -0.2) is 9.97 Å². The molecule has 0 radical (unpaired) electrons. The zero-order chi connectivity index (χ0) is 18.5. The molecule has 0 spiro atoms. The molecular weight excluding hydrogens is 334 g/mol. The zero-order valence-corrected chi connectivity index (χ0v) is 15.3. The third-order valence-corrected chi connectivity index (χ3v) is 5.09. The number of amides is 1. The third kappa shape index (κ3) is 3.90. The second-order valence-electron chi connectivity index (χ2n) is 6.89. The third-order valence-electron chi connectivity index (χ3n) is 5.09. The lowest BCUT2D eigenvalue weighted by Crippen LogP contribution is -2.26. The highest BCUT2D eigenvalue weighted by Crippen LogP contribution is 2.30. The van der Waals surface area contributed by atoms with E-state index in [-0.39, 0.29) is 5.91 Å². The van der Waals surface area contributed by atoms with Crippen molar-refractivity contribution < 1.29 is 4.79 Å². The fraction of sp³-hybridized carbons (Fsp3) is 0.261. The van der Waals surface area contributed by atoms with Crippen molar-refractivity contribution >= 4 is 5.91 Å². The quantitative estimate of drug-likeness (QED) is 0.751. The molecule has 4 nitrogen and oxygen atoms in total. The molecule has 27 heavy (non-hydrogen) atoms. The summed E-state index contributed by atoms with van der Waals surface area (Å²) in [4.78, 5) is 21.8. The van der Waals surface area contributed by atoms with Gasteiger partial charge in [0.25, 0.3) is 5.91 Å². The largest absolute Gasteiger partial charge is 0.352 e. The topological polar surface area (TPSA) is 54.9 Å². The van der Waals surface area contributed by atoms with Gasteiger partial charge in [0.2, 0.25) is 0 Å². The van der Waals surface area contributed by atoms with Crippen molar-refractivity contribution in [1.29, 1.82) is 0 Å². The van der Waals surface area contributed by atoms with Crippen molar-refractivity contribution in [2.24, 2.45) is 0 Å². The number of nitrogens with zero attached hydrogens (tertiary/aromatic N) is 2. The summed E-state index contributed by atoms with van der Waals surface area (Å²) in [5, 5.41) is 3.06. The molecule has 0 atom stereocenters. The van der Waals surface area contributed by atoms with Gasteiger partial charge in [0.1, 0.15) is 6.33 Å². The van der Waals surface area contributed by atoms with Gasteiger partial charge in [-0.15, -0.1) is 0 Å². The number of fused-ring (bicyclic) bond motifs is 1. The van der Waals surface area contributed by atoms with Crippen molar-refractivity contribution in [3.63, 3.8) is 0 Å². The van der Waals surface area contributed by atoms with Crippen LogP contribution in [-0.2, 0) is 19.3 Å². The Morgan fingerprint density at radius 1 is 0.926 bits per heavy atom. The summed E-state index contributed by atoms with van der Waals surface area (Å²) < 4.78 is 0. The summed E-state index contributed by atoms with van der Waals surface area (Å²) in [6.45, 7) is 0.610. The number of carbonyl (C=O) groups is 1. The molecule has 4 heteroatoms. The molecule has 3 aromatic rings. The normalized spacial score (nSPS) is 13.0. The van der Waals surface area contributed by atoms with Gasteiger partial charge in [-0.05, 0) is 43.7 Å². The van der Waals surface area contributed by atoms with Crippen LogP contribution in [0.4, 0.5) is 0 Å². The minimum atomic E-state index is -0.0512. The summed E-state index contributed by atoms with van der Waals surface area (Å²) in [6, 6.07) is 17.9. The number of hydrogen-bond donors (Lipinski definition) is 1. The summed E-state index contributed by atoms with van der Waals surface area (Å²) in [5.41, 5.74) is 6.04. The summed E-state index contributed by atoms with van der Waals surface area (Å²) in [6.07, 6.45) is 6.75. The summed E-state index contributed by atoms with van der Waals surface area (Å²) in [5.74, 6) is -0.0512. The first kappa shape index (κ1) is 17.4. The number of benzene rings is 2. The molecule has 0 unspecified atom stereocenters. The second kappa shape index (κ2) is 8.12. The summed E-state index contributed by atoms with van der Waals surface area (Å²) >= 11 is 0. The number of carbonyl (C=O) groups excluding carboxylic acids is 1. The molecule has 136 valence electrons. The van der Waals surface area contributed by atoms with Gasteiger partial charge >= 0.3 is 0 Å². The van der Waals surface area contributed by atoms with Crippen LogP contribution < -0.4 is 5.32 Å². The molecule has 1 aliphatic carbocycles. The van der Waals surface area contributed by atoms with Crippen LogP contribution in [0.2, 0.25) is 0 Å². The lowest BCUT2D eigenvalue weighted by molar-refractivity contribution is 0.0954. The average molecular weight is 357 g/mol. The Morgan fingerprint density at radius 3 is 2.59 bits per heavy atom. The molecule has 1 N–H and O–H groups in total. The fourth-order valence-corrected chi connectivity index (χ4v) is 3.70. The molecule has 1 amide bonds. The van der Waals surface area contributed by atoms with Crippen molar-refractivity contribution in [1.82, 2.24) is 15.3 Å². The van der Waals surface area contributed by atoms with Gasteiger partial charge in [0.05, 0.1) is 5.69 Å². The monoisotopic (exact) mass is 357 g/mol. The predicted octanol–water partition coefficient (Wildman–Crippen LogP) is 3.99. The van der Waals surface area contributed by atoms with E-state index in [0.29, 0.717) is 12.1 Å². The van der Waals surface area contributed by atoms with E-state index in [1.54, 1.807) is 6.33 Å². The number of rotatable bonds is 5. The maximum absolute atomic E-state index is 12.8. The maximum Gasteiger partial charge on any atom is 0.251 e. The Kier molecular flexibility index (Phi) is 5.24. The number of hydrogen-bond acceptors (Lipinski definition) is 3. The first-order chi connectivity index (χ1) is 13.3. The van der Waals surface area contributed by atoms with Gasteiger partial charge in [0, 0.05) is 28.9 Å². The Morgan fingerprint density at radius 2 is 1.70 bits per heavy atom. The predicted molar refractivity (Wildman–Crippen MR) is 107 cm³/mol. The number of aromatic nitrogens is 2. The van der Waals surface area contributed by atoms with Crippen LogP contribution in [0.15, 0.2) is 60.9 Å². The van der Waals surface area contributed by atoms with Crippen molar-refractivity contribution in [2.75, 3.05) is 6.54 Å². The zero-order valence-electron chi connectivity index (χ0n) is 15.3. The molecule has 0 saturated carbocycles. The molecule has 0 aliphatic heterocycles. The molecular formula is C23H23N3O. The molecule has 1 heterocycles. The van der Waals surface area contributed by atoms with Crippen LogP contribution in [0.25, 0.3) is 11.3 Å². The maximum atomic E-state index is 12.8. The van der Waals surface area contributed by atoms with Crippen molar-refractivity contribution in [3.05, 3.63) is 83.3 Å². The van der Waals surface area contributed by atoms with Gasteiger partial charge in [-0.3, -0.25) is 4.79 Å². The molecule has 1 aliphatic rings. The Labute approximate surface area is 159 Å². The van der Waals surface area contributed by atoms with Crippen molar-refractivity contribution in [3.8, 4) is 11.3 Å². The summed E-state index contributed by atoms with van der Waals surface area (Å²) in [7, 11) is 0. The molecule has 0 bridgehead atoms. The minimum absolute atomic E-state index is 0.0512. The first-order valence-electron chi connectivity index (χ1n) is 9.57. The van der Waals surface area contributed by atoms with Crippen LogP contribution in [-0.4, -0.2) is 22.4 Å². The van der Waals surface area contributed by atoms with E-state index in [4.69, 9.17) is 0 Å². The Bertz CT molecular complexity index is 937. The highest BCUT2D eigenvalue weighted by molar-refractivity contribution is 6.00.